The Morgan fingerprint density at radius 1 is 1.00 bits per heavy atom. The van der Waals surface area contributed by atoms with Crippen LogP contribution in [0.1, 0.15) is 0 Å². The van der Waals surface area contributed by atoms with Crippen LogP contribution < -0.4 is 0 Å². The summed E-state index contributed by atoms with van der Waals surface area (Å²) in [6.07, 6.45) is 0. The number of rotatable bonds is 0. The molecule has 0 aromatic carbocycles. The minimum atomic E-state index is -2.03. The van der Waals surface area contributed by atoms with Crippen molar-refractivity contribution in [3.63, 3.8) is 0 Å². The molecule has 7 heavy (non-hydrogen) atoms. The van der Waals surface area contributed by atoms with Crippen LogP contribution in [-0.4, -0.2) is 0 Å². The molecule has 0 heterocycles. The molecule has 0 radical (unpaired) electrons. The summed E-state index contributed by atoms with van der Waals surface area (Å²) in [6, 6.07) is 0. The molecule has 0 bridgehead atoms. The standard InChI is InChI=1S/3Mo.2O.S2/c;;;;;1-2/q;;;;;-2. The van der Waals surface area contributed by atoms with Crippen LogP contribution in [-0.2, 0) is 90.7 Å². The van der Waals surface area contributed by atoms with Crippen LogP contribution >= 0.6 is 0 Å². The van der Waals surface area contributed by atoms with Crippen molar-refractivity contribution in [3.05, 3.63) is 0 Å². The van der Waals surface area contributed by atoms with Crippen LogP contribution in [0.15, 0.2) is 0 Å². The van der Waals surface area contributed by atoms with E-state index in [9.17, 15) is 0 Å². The third-order valence-electron chi connectivity index (χ3n) is 0. The molecule has 0 aliphatic heterocycles. The van der Waals surface area contributed by atoms with Gasteiger partial charge in [-0.05, 0) is 0 Å². The molecule has 7 heteroatoms. The molecule has 0 aromatic heterocycles. The molecule has 2 nitrogen and oxygen atoms in total. The van der Waals surface area contributed by atoms with Crippen molar-refractivity contribution in [2.75, 3.05) is 0 Å². The average Bonchev–Trinajstić information content (AvgIpc) is 1.46. The third-order valence-corrected chi connectivity index (χ3v) is 0. The predicted octanol–water partition coefficient (Wildman–Crippen LogP) is -0.250. The van der Waals surface area contributed by atoms with Gasteiger partial charge in [-0.2, -0.15) is 0 Å². The van der Waals surface area contributed by atoms with Crippen LogP contribution in [0.2, 0.25) is 0 Å². The van der Waals surface area contributed by atoms with Crippen molar-refractivity contribution in [2.45, 2.75) is 0 Å². The van der Waals surface area contributed by atoms with Gasteiger partial charge in [0.1, 0.15) is 0 Å². The van der Waals surface area contributed by atoms with Gasteiger partial charge in [-0.25, -0.2) is 0 Å². The van der Waals surface area contributed by atoms with E-state index in [4.69, 9.17) is 6.80 Å². The zero-order valence-corrected chi connectivity index (χ0v) is 10.5. The topological polar surface area (TPSA) is 34.1 Å². The zero-order valence-electron chi connectivity index (χ0n) is 2.86. The van der Waals surface area contributed by atoms with E-state index in [-0.39, 0.29) is 42.1 Å². The maximum Gasteiger partial charge on any atom is -1.00 e. The number of hydrogen-bond acceptors (Lipinski definition) is 4. The molecule has 0 aliphatic carbocycles. The quantitative estimate of drug-likeness (QED) is 0.328. The van der Waals surface area contributed by atoms with Crippen molar-refractivity contribution < 1.29 is 67.4 Å². The molecule has 44 valence electrons. The van der Waals surface area contributed by atoms with Gasteiger partial charge in [-0.3, -0.25) is 0 Å². The zero-order chi connectivity index (χ0) is 4.71. The maximum atomic E-state index is 8.50. The van der Waals surface area contributed by atoms with E-state index in [1.54, 1.807) is 0 Å². The Labute approximate surface area is 89.5 Å². The van der Waals surface area contributed by atoms with Crippen molar-refractivity contribution in [1.82, 2.24) is 0 Å². The van der Waals surface area contributed by atoms with E-state index in [0.717, 1.165) is 0 Å². The molecule has 0 aromatic rings. The van der Waals surface area contributed by atoms with Gasteiger partial charge in [0.25, 0.3) is 0 Å². The maximum absolute atomic E-state index is 8.50. The summed E-state index contributed by atoms with van der Waals surface area (Å²) in [7, 11) is 0. The van der Waals surface area contributed by atoms with Gasteiger partial charge in [0.15, 0.2) is 0 Å². The molecule has 0 amide bonds. The third kappa shape index (κ3) is 60.6. The molecule has 0 fully saturated rings. The average molecular weight is 384 g/mol. The van der Waals surface area contributed by atoms with E-state index >= 15 is 0 Å². The Morgan fingerprint density at radius 3 is 1.00 bits per heavy atom. The van der Waals surface area contributed by atoms with Gasteiger partial charge in [0, 0.05) is 42.1 Å². The minimum Gasteiger partial charge on any atom is -1.00 e. The molecule has 0 atom stereocenters. The van der Waals surface area contributed by atoms with E-state index in [2.05, 4.69) is 23.3 Å². The second-order valence-electron chi connectivity index (χ2n) is 0.0680. The summed E-state index contributed by atoms with van der Waals surface area (Å²) in [6.45, 7) is 0. The van der Waals surface area contributed by atoms with Crippen molar-refractivity contribution in [2.24, 2.45) is 0 Å². The number of hydrogen-bond donors (Lipinski definition) is 0. The summed E-state index contributed by atoms with van der Waals surface area (Å²) >= 11 is 5.30. The fourth-order valence-electron chi connectivity index (χ4n) is 0. The van der Waals surface area contributed by atoms with E-state index in [1.165, 1.54) is 0 Å². The van der Waals surface area contributed by atoms with E-state index in [1.807, 2.05) is 0 Å². The van der Waals surface area contributed by atoms with Crippen molar-refractivity contribution in [1.29, 1.82) is 0 Å². The molecule has 0 saturated carbocycles. The second-order valence-corrected chi connectivity index (χ2v) is 0.403. The Morgan fingerprint density at radius 2 is 1.00 bits per heavy atom. The van der Waals surface area contributed by atoms with Crippen molar-refractivity contribution in [3.8, 4) is 0 Å². The first-order valence-corrected chi connectivity index (χ1v) is 3.47. The Hall–Kier alpha value is 2.36. The van der Waals surface area contributed by atoms with E-state index in [0.29, 0.717) is 0 Å². The summed E-state index contributed by atoms with van der Waals surface area (Å²) in [5.74, 6) is 0. The molecular formula is Mo3O2S2-2. The minimum absolute atomic E-state index is 0. The molecular weight excluding hydrogens is 384 g/mol. The van der Waals surface area contributed by atoms with E-state index < -0.39 is 18.5 Å². The van der Waals surface area contributed by atoms with Crippen LogP contribution in [0.5, 0.6) is 0 Å². The van der Waals surface area contributed by atoms with Crippen LogP contribution in [0.4, 0.5) is 0 Å². The molecule has 0 aliphatic rings. The second kappa shape index (κ2) is 40.1. The first kappa shape index (κ1) is 22.8. The van der Waals surface area contributed by atoms with Crippen LogP contribution in [0.25, 0.3) is 0 Å². The molecule has 0 unspecified atom stereocenters. The van der Waals surface area contributed by atoms with Gasteiger partial charge < -0.3 is 23.3 Å². The van der Waals surface area contributed by atoms with Gasteiger partial charge in [0.2, 0.25) is 0 Å². The molecule has 0 rings (SSSR count). The summed E-state index contributed by atoms with van der Waals surface area (Å²) in [5, 5.41) is 0. The predicted molar refractivity (Wildman–Crippen MR) is 16.1 cm³/mol. The SMILES string of the molecule is [Mo].[Mo].[O]=[Mo]=[O].[S-][S-]. The normalized spacial score (nSPS) is 2.57. The van der Waals surface area contributed by atoms with Gasteiger partial charge in [-0.1, -0.05) is 0 Å². The first-order chi connectivity index (χ1) is 2.41. The Bertz CT molecular complexity index is 31.9. The first-order valence-electron chi connectivity index (χ1n) is 0.500. The van der Waals surface area contributed by atoms with Crippen LogP contribution in [0.3, 0.4) is 0 Å². The van der Waals surface area contributed by atoms with Gasteiger partial charge in [0.05, 0.1) is 0 Å². The fraction of sp³-hybridized carbons (Fsp3) is 0. The fourth-order valence-corrected chi connectivity index (χ4v) is 0. The summed E-state index contributed by atoms with van der Waals surface area (Å²) < 4.78 is 17.0. The monoisotopic (exact) mass is 390 g/mol. The molecule has 0 N–H and O–H groups in total. The summed E-state index contributed by atoms with van der Waals surface area (Å²) in [4.78, 5) is 0. The Balaban J connectivity index is -0.0000000105. The Kier molecular flexibility index (Phi) is 130. The van der Waals surface area contributed by atoms with Gasteiger partial charge >= 0.3 is 25.3 Å². The van der Waals surface area contributed by atoms with Crippen LogP contribution in [0, 0.1) is 0 Å². The smallest absolute Gasteiger partial charge is 1.00 e. The molecule has 0 saturated heterocycles. The van der Waals surface area contributed by atoms with Gasteiger partial charge in [-0.15, -0.1) is 0 Å². The van der Waals surface area contributed by atoms with Crippen molar-refractivity contribution >= 4 is 23.3 Å². The molecule has 0 spiro atoms. The largest absolute Gasteiger partial charge is 1.00 e. The summed E-state index contributed by atoms with van der Waals surface area (Å²) in [5.41, 5.74) is 0.